The van der Waals surface area contributed by atoms with Crippen molar-refractivity contribution in [3.8, 4) is 0 Å². The third-order valence-corrected chi connectivity index (χ3v) is 5.44. The van der Waals surface area contributed by atoms with Crippen molar-refractivity contribution in [3.63, 3.8) is 0 Å². The average molecular weight is 286 g/mol. The number of thiophene rings is 1. The van der Waals surface area contributed by atoms with E-state index >= 15 is 0 Å². The zero-order valence-electron chi connectivity index (χ0n) is 12.0. The average Bonchev–Trinajstić information content (AvgIpc) is 2.97. The summed E-state index contributed by atoms with van der Waals surface area (Å²) in [5, 5.41) is 0. The summed E-state index contributed by atoms with van der Waals surface area (Å²) < 4.78 is 0. The van der Waals surface area contributed by atoms with Crippen LogP contribution in [-0.2, 0) is 12.8 Å². The van der Waals surface area contributed by atoms with Gasteiger partial charge in [0.05, 0.1) is 6.04 Å². The number of hydrogen-bond acceptors (Lipinski definition) is 3. The van der Waals surface area contributed by atoms with Crippen LogP contribution in [0.2, 0.25) is 0 Å². The van der Waals surface area contributed by atoms with E-state index in [9.17, 15) is 0 Å². The molecule has 0 spiro atoms. The van der Waals surface area contributed by atoms with Gasteiger partial charge in [-0.15, -0.1) is 11.3 Å². The number of nitrogens with zero attached hydrogens (tertiary/aromatic N) is 1. The minimum atomic E-state index is 0.321. The summed E-state index contributed by atoms with van der Waals surface area (Å²) in [7, 11) is 0. The van der Waals surface area contributed by atoms with Crippen LogP contribution >= 0.6 is 11.3 Å². The van der Waals surface area contributed by atoms with Crippen LogP contribution in [0.15, 0.2) is 36.4 Å². The predicted molar refractivity (Wildman–Crippen MR) is 87.6 cm³/mol. The van der Waals surface area contributed by atoms with Crippen LogP contribution in [0, 0.1) is 0 Å². The normalized spacial score (nSPS) is 16.0. The minimum absolute atomic E-state index is 0.321. The Bertz CT molecular complexity index is 576. The molecule has 2 N–H and O–H groups in total. The van der Waals surface area contributed by atoms with E-state index in [4.69, 9.17) is 5.73 Å². The number of benzene rings is 1. The number of anilines is 1. The maximum Gasteiger partial charge on any atom is 0.0757 e. The van der Waals surface area contributed by atoms with Crippen LogP contribution in [0.4, 0.5) is 5.69 Å². The summed E-state index contributed by atoms with van der Waals surface area (Å²) in [6, 6.07) is 13.6. The third-order valence-electron chi connectivity index (χ3n) is 4.10. The Labute approximate surface area is 125 Å². The molecule has 0 bridgehead atoms. The lowest BCUT2D eigenvalue weighted by Gasteiger charge is -2.37. The zero-order valence-corrected chi connectivity index (χ0v) is 12.8. The van der Waals surface area contributed by atoms with Crippen molar-refractivity contribution in [2.75, 3.05) is 18.0 Å². The van der Waals surface area contributed by atoms with Gasteiger partial charge in [0.2, 0.25) is 0 Å². The molecule has 2 aromatic rings. The van der Waals surface area contributed by atoms with E-state index < -0.39 is 0 Å². The van der Waals surface area contributed by atoms with Crippen molar-refractivity contribution in [1.82, 2.24) is 0 Å². The quantitative estimate of drug-likeness (QED) is 0.927. The lowest BCUT2D eigenvalue weighted by atomic mass is 9.99. The van der Waals surface area contributed by atoms with E-state index in [0.717, 1.165) is 13.0 Å². The van der Waals surface area contributed by atoms with Gasteiger partial charge in [-0.25, -0.2) is 0 Å². The minimum Gasteiger partial charge on any atom is -0.362 e. The lowest BCUT2D eigenvalue weighted by molar-refractivity contribution is 0.594. The first-order valence-electron chi connectivity index (χ1n) is 7.46. The molecule has 1 aliphatic heterocycles. The Morgan fingerprint density at radius 1 is 1.25 bits per heavy atom. The van der Waals surface area contributed by atoms with Gasteiger partial charge in [-0.1, -0.05) is 25.1 Å². The molecule has 2 nitrogen and oxygen atoms in total. The fraction of sp³-hybridized carbons (Fsp3) is 0.412. The molecule has 2 heterocycles. The Morgan fingerprint density at radius 2 is 2.10 bits per heavy atom. The van der Waals surface area contributed by atoms with Crippen molar-refractivity contribution in [2.45, 2.75) is 32.2 Å². The second-order valence-corrected chi connectivity index (χ2v) is 6.53. The standard InChI is InChI=1S/C17H22N2S/c1-2-14-9-10-17(20-14)16(12-18)19-11-5-7-13-6-3-4-8-15(13)19/h3-4,6,8-10,16H,2,5,7,11-12,18H2,1H3. The fourth-order valence-corrected chi connectivity index (χ4v) is 4.13. The highest BCUT2D eigenvalue weighted by Gasteiger charge is 2.25. The lowest BCUT2D eigenvalue weighted by Crippen LogP contribution is -2.37. The van der Waals surface area contributed by atoms with Crippen molar-refractivity contribution < 1.29 is 0 Å². The molecule has 1 atom stereocenters. The van der Waals surface area contributed by atoms with Gasteiger partial charge < -0.3 is 10.6 Å². The molecule has 106 valence electrons. The van der Waals surface area contributed by atoms with Crippen molar-refractivity contribution in [3.05, 3.63) is 51.7 Å². The first kappa shape index (κ1) is 13.7. The fourth-order valence-electron chi connectivity index (χ4n) is 3.05. The van der Waals surface area contributed by atoms with Crippen LogP contribution in [0.3, 0.4) is 0 Å². The van der Waals surface area contributed by atoms with E-state index in [1.54, 1.807) is 0 Å². The van der Waals surface area contributed by atoms with E-state index in [1.165, 1.54) is 33.8 Å². The van der Waals surface area contributed by atoms with Crippen LogP contribution in [0.25, 0.3) is 0 Å². The predicted octanol–water partition coefficient (Wildman–Crippen LogP) is 3.76. The zero-order chi connectivity index (χ0) is 13.9. The summed E-state index contributed by atoms with van der Waals surface area (Å²) in [5.41, 5.74) is 8.95. The summed E-state index contributed by atoms with van der Waals surface area (Å²) in [4.78, 5) is 5.36. The maximum absolute atomic E-state index is 6.11. The molecule has 0 saturated heterocycles. The third kappa shape index (κ3) is 2.48. The van der Waals surface area contributed by atoms with E-state index in [-0.39, 0.29) is 0 Å². The van der Waals surface area contributed by atoms with Gasteiger partial charge >= 0.3 is 0 Å². The summed E-state index contributed by atoms with van der Waals surface area (Å²) >= 11 is 1.91. The van der Waals surface area contributed by atoms with E-state index in [0.29, 0.717) is 12.6 Å². The Kier molecular flexibility index (Phi) is 4.08. The smallest absolute Gasteiger partial charge is 0.0757 e. The van der Waals surface area contributed by atoms with Crippen LogP contribution in [0.1, 0.15) is 34.7 Å². The van der Waals surface area contributed by atoms with Gasteiger partial charge in [0.1, 0.15) is 0 Å². The molecule has 1 aliphatic rings. The number of hydrogen-bond donors (Lipinski definition) is 1. The Hall–Kier alpha value is -1.32. The van der Waals surface area contributed by atoms with Crippen LogP contribution < -0.4 is 10.6 Å². The number of fused-ring (bicyclic) bond motifs is 1. The number of rotatable bonds is 4. The maximum atomic E-state index is 6.11. The molecule has 1 unspecified atom stereocenters. The van der Waals surface area contributed by atoms with E-state index in [1.807, 2.05) is 11.3 Å². The summed E-state index contributed by atoms with van der Waals surface area (Å²) in [5.74, 6) is 0. The molecule has 20 heavy (non-hydrogen) atoms. The molecule has 3 heteroatoms. The highest BCUT2D eigenvalue weighted by atomic mass is 32.1. The monoisotopic (exact) mass is 286 g/mol. The van der Waals surface area contributed by atoms with Crippen molar-refractivity contribution >= 4 is 17.0 Å². The van der Waals surface area contributed by atoms with Crippen molar-refractivity contribution in [1.29, 1.82) is 0 Å². The number of nitrogens with two attached hydrogens (primary N) is 1. The van der Waals surface area contributed by atoms with Gasteiger partial charge in [0, 0.05) is 28.5 Å². The van der Waals surface area contributed by atoms with Crippen molar-refractivity contribution in [2.24, 2.45) is 5.73 Å². The molecular formula is C17H22N2S. The molecule has 3 rings (SSSR count). The molecule has 0 aliphatic carbocycles. The largest absolute Gasteiger partial charge is 0.362 e. The molecular weight excluding hydrogens is 264 g/mol. The van der Waals surface area contributed by atoms with Gasteiger partial charge in [0.15, 0.2) is 0 Å². The number of aryl methyl sites for hydroxylation is 2. The number of para-hydroxylation sites is 1. The highest BCUT2D eigenvalue weighted by Crippen LogP contribution is 2.36. The van der Waals surface area contributed by atoms with Gasteiger partial charge in [-0.3, -0.25) is 0 Å². The molecule has 1 aromatic heterocycles. The summed E-state index contributed by atoms with van der Waals surface area (Å²) in [6.07, 6.45) is 3.52. The van der Waals surface area contributed by atoms with Gasteiger partial charge in [-0.2, -0.15) is 0 Å². The van der Waals surface area contributed by atoms with Gasteiger partial charge in [0.25, 0.3) is 0 Å². The van der Waals surface area contributed by atoms with E-state index in [2.05, 4.69) is 48.2 Å². The molecule has 0 fully saturated rings. The van der Waals surface area contributed by atoms with Gasteiger partial charge in [-0.05, 0) is 43.0 Å². The molecule has 0 saturated carbocycles. The molecule has 0 radical (unpaired) electrons. The summed E-state index contributed by atoms with van der Waals surface area (Å²) in [6.45, 7) is 4.00. The second kappa shape index (κ2) is 5.98. The molecule has 1 aromatic carbocycles. The van der Waals surface area contributed by atoms with Crippen LogP contribution in [0.5, 0.6) is 0 Å². The highest BCUT2D eigenvalue weighted by molar-refractivity contribution is 7.12. The second-order valence-electron chi connectivity index (χ2n) is 5.33. The topological polar surface area (TPSA) is 29.3 Å². The first-order chi connectivity index (χ1) is 9.83. The SMILES string of the molecule is CCc1ccc(C(CN)N2CCCc3ccccc32)s1. The Balaban J connectivity index is 1.94. The van der Waals surface area contributed by atoms with Crippen LogP contribution in [-0.4, -0.2) is 13.1 Å². The molecule has 0 amide bonds. The first-order valence-corrected chi connectivity index (χ1v) is 8.28. The Morgan fingerprint density at radius 3 is 2.85 bits per heavy atom.